The van der Waals surface area contributed by atoms with E-state index in [2.05, 4.69) is 11.9 Å². The summed E-state index contributed by atoms with van der Waals surface area (Å²) in [5.41, 5.74) is 0. The molecule has 5 nitrogen and oxygen atoms in total. The highest BCUT2D eigenvalue weighted by Gasteiger charge is 2.44. The summed E-state index contributed by atoms with van der Waals surface area (Å²) in [4.78, 5) is 11.0. The summed E-state index contributed by atoms with van der Waals surface area (Å²) in [6.45, 7) is 9.20. The predicted molar refractivity (Wildman–Crippen MR) is 76.5 cm³/mol. The molecular formula is C13H25NO4S. The summed E-state index contributed by atoms with van der Waals surface area (Å²) >= 11 is 0. The van der Waals surface area contributed by atoms with E-state index in [4.69, 9.17) is 0 Å². The largest absolute Gasteiger partial charge is 0.353 e. The van der Waals surface area contributed by atoms with Gasteiger partial charge in [0, 0.05) is 6.54 Å². The van der Waals surface area contributed by atoms with Gasteiger partial charge in [0.05, 0.1) is 4.75 Å². The van der Waals surface area contributed by atoms with Gasteiger partial charge in [-0.1, -0.05) is 27.4 Å². The van der Waals surface area contributed by atoms with Crippen LogP contribution in [-0.2, 0) is 14.9 Å². The first-order valence-electron chi connectivity index (χ1n) is 6.62. The molecule has 6 heteroatoms. The molecule has 0 aliphatic rings. The second-order valence-electron chi connectivity index (χ2n) is 4.79. The molecule has 2 N–H and O–H groups in total. The monoisotopic (exact) mass is 291 g/mol. The lowest BCUT2D eigenvalue weighted by Crippen LogP contribution is -2.43. The Bertz CT molecular complexity index is 399. The summed E-state index contributed by atoms with van der Waals surface area (Å²) in [6, 6.07) is 0. The van der Waals surface area contributed by atoms with Crippen molar-refractivity contribution in [2.75, 3.05) is 6.54 Å². The van der Waals surface area contributed by atoms with Gasteiger partial charge in [-0.3, -0.25) is 9.35 Å². The number of amides is 1. The smallest absolute Gasteiger partial charge is 0.270 e. The minimum atomic E-state index is -4.09. The van der Waals surface area contributed by atoms with E-state index in [1.807, 2.05) is 6.92 Å². The molecule has 0 bridgehead atoms. The molecule has 1 amide bonds. The fraction of sp³-hybridized carbons (Fsp3) is 0.769. The summed E-state index contributed by atoms with van der Waals surface area (Å²) in [7, 11) is -4.09. The van der Waals surface area contributed by atoms with Gasteiger partial charge in [-0.2, -0.15) is 8.42 Å². The van der Waals surface area contributed by atoms with E-state index >= 15 is 0 Å². The first-order chi connectivity index (χ1) is 8.75. The van der Waals surface area contributed by atoms with Gasteiger partial charge in [0.25, 0.3) is 10.1 Å². The SMILES string of the molecule is C=CC(=O)NCCCC(C)C(CC)(CC)S(=O)(=O)O. The Kier molecular flexibility index (Phi) is 7.29. The molecule has 19 heavy (non-hydrogen) atoms. The highest BCUT2D eigenvalue weighted by atomic mass is 32.2. The Hall–Kier alpha value is -0.880. The maximum Gasteiger partial charge on any atom is 0.270 e. The average Bonchev–Trinajstić information content (AvgIpc) is 2.34. The van der Waals surface area contributed by atoms with Gasteiger partial charge in [0.2, 0.25) is 5.91 Å². The molecule has 0 aliphatic carbocycles. The van der Waals surface area contributed by atoms with Crippen molar-refractivity contribution >= 4 is 16.0 Å². The quantitative estimate of drug-likeness (QED) is 0.387. The maximum absolute atomic E-state index is 11.6. The van der Waals surface area contributed by atoms with Crippen LogP contribution in [0.15, 0.2) is 12.7 Å². The minimum absolute atomic E-state index is 0.168. The molecule has 1 unspecified atom stereocenters. The van der Waals surface area contributed by atoms with Crippen molar-refractivity contribution in [3.05, 3.63) is 12.7 Å². The second-order valence-corrected chi connectivity index (χ2v) is 6.55. The van der Waals surface area contributed by atoms with Gasteiger partial charge in [0.15, 0.2) is 0 Å². The van der Waals surface area contributed by atoms with Crippen LogP contribution in [0, 0.1) is 5.92 Å². The van der Waals surface area contributed by atoms with Crippen molar-refractivity contribution in [3.8, 4) is 0 Å². The van der Waals surface area contributed by atoms with E-state index in [-0.39, 0.29) is 11.8 Å². The van der Waals surface area contributed by atoms with Crippen LogP contribution >= 0.6 is 0 Å². The van der Waals surface area contributed by atoms with E-state index in [0.29, 0.717) is 32.2 Å². The van der Waals surface area contributed by atoms with Crippen LogP contribution in [0.4, 0.5) is 0 Å². The lowest BCUT2D eigenvalue weighted by molar-refractivity contribution is -0.116. The Morgan fingerprint density at radius 1 is 1.42 bits per heavy atom. The molecule has 0 heterocycles. The summed E-state index contributed by atoms with van der Waals surface area (Å²) in [6.07, 6.45) is 3.24. The van der Waals surface area contributed by atoms with Gasteiger partial charge in [-0.05, 0) is 37.7 Å². The lowest BCUT2D eigenvalue weighted by Gasteiger charge is -2.34. The van der Waals surface area contributed by atoms with Gasteiger partial charge in [0.1, 0.15) is 0 Å². The molecule has 0 aliphatic heterocycles. The summed E-state index contributed by atoms with van der Waals surface area (Å²) < 4.78 is 31.6. The molecule has 0 fully saturated rings. The maximum atomic E-state index is 11.6. The molecule has 112 valence electrons. The number of nitrogens with one attached hydrogen (secondary N) is 1. The highest BCUT2D eigenvalue weighted by Crippen LogP contribution is 2.35. The van der Waals surface area contributed by atoms with Crippen LogP contribution in [0.5, 0.6) is 0 Å². The van der Waals surface area contributed by atoms with Gasteiger partial charge in [-0.25, -0.2) is 0 Å². The second kappa shape index (κ2) is 7.65. The van der Waals surface area contributed by atoms with Gasteiger partial charge >= 0.3 is 0 Å². The zero-order chi connectivity index (χ0) is 15.1. The van der Waals surface area contributed by atoms with Crippen molar-refractivity contribution in [3.63, 3.8) is 0 Å². The van der Waals surface area contributed by atoms with E-state index in [1.165, 1.54) is 6.08 Å². The molecule has 0 saturated carbocycles. The molecule has 0 radical (unpaired) electrons. The van der Waals surface area contributed by atoms with Crippen molar-refractivity contribution in [1.29, 1.82) is 0 Å². The fourth-order valence-electron chi connectivity index (χ4n) is 2.52. The van der Waals surface area contributed by atoms with E-state index in [1.54, 1.807) is 13.8 Å². The van der Waals surface area contributed by atoms with Crippen LogP contribution in [0.1, 0.15) is 46.5 Å². The van der Waals surface area contributed by atoms with Crippen molar-refractivity contribution < 1.29 is 17.8 Å². The lowest BCUT2D eigenvalue weighted by atomic mass is 9.85. The Balaban J connectivity index is 4.56. The number of hydrogen-bond donors (Lipinski definition) is 2. The molecule has 0 rings (SSSR count). The summed E-state index contributed by atoms with van der Waals surface area (Å²) in [5.74, 6) is -0.405. The third-order valence-corrected chi connectivity index (χ3v) is 5.91. The molecule has 0 aromatic heterocycles. The zero-order valence-electron chi connectivity index (χ0n) is 12.0. The van der Waals surface area contributed by atoms with E-state index in [9.17, 15) is 17.8 Å². The number of carbonyl (C=O) groups excluding carboxylic acids is 1. The van der Waals surface area contributed by atoms with Crippen molar-refractivity contribution in [1.82, 2.24) is 5.32 Å². The number of rotatable bonds is 9. The molecule has 0 saturated heterocycles. The first-order valence-corrected chi connectivity index (χ1v) is 8.06. The van der Waals surface area contributed by atoms with Crippen molar-refractivity contribution in [2.24, 2.45) is 5.92 Å². The van der Waals surface area contributed by atoms with Crippen LogP contribution in [0.25, 0.3) is 0 Å². The molecule has 0 aromatic rings. The normalized spacial score (nSPS) is 13.9. The van der Waals surface area contributed by atoms with Crippen LogP contribution < -0.4 is 5.32 Å². The first kappa shape index (κ1) is 18.1. The van der Waals surface area contributed by atoms with E-state index in [0.717, 1.165) is 0 Å². The number of carbonyl (C=O) groups is 1. The molecule has 1 atom stereocenters. The predicted octanol–water partition coefficient (Wildman–Crippen LogP) is 2.15. The van der Waals surface area contributed by atoms with Gasteiger partial charge < -0.3 is 5.32 Å². The third kappa shape index (κ3) is 4.62. The Morgan fingerprint density at radius 2 is 1.95 bits per heavy atom. The number of hydrogen-bond acceptors (Lipinski definition) is 3. The van der Waals surface area contributed by atoms with Crippen LogP contribution in [-0.4, -0.2) is 30.2 Å². The molecule has 0 aromatic carbocycles. The third-order valence-electron chi connectivity index (χ3n) is 3.91. The van der Waals surface area contributed by atoms with Crippen LogP contribution in [0.2, 0.25) is 0 Å². The zero-order valence-corrected chi connectivity index (χ0v) is 12.8. The molecule has 0 spiro atoms. The Labute approximate surface area is 116 Å². The molecular weight excluding hydrogens is 266 g/mol. The van der Waals surface area contributed by atoms with Crippen LogP contribution in [0.3, 0.4) is 0 Å². The topological polar surface area (TPSA) is 83.5 Å². The summed E-state index contributed by atoms with van der Waals surface area (Å²) in [5, 5.41) is 2.64. The van der Waals surface area contributed by atoms with E-state index < -0.39 is 14.9 Å². The highest BCUT2D eigenvalue weighted by molar-refractivity contribution is 7.87. The van der Waals surface area contributed by atoms with Gasteiger partial charge in [-0.15, -0.1) is 0 Å². The Morgan fingerprint density at radius 3 is 2.32 bits per heavy atom. The fourth-order valence-corrected chi connectivity index (χ4v) is 3.88. The standard InChI is InChI=1S/C13H25NO4S/c1-5-12(15)14-10-8-9-11(4)13(6-2,7-3)19(16,17)18/h5,11H,1,6-10H2,2-4H3,(H,14,15)(H,16,17,18). The minimum Gasteiger partial charge on any atom is -0.353 e. The van der Waals surface area contributed by atoms with Crippen molar-refractivity contribution in [2.45, 2.75) is 51.2 Å². The average molecular weight is 291 g/mol.